The summed E-state index contributed by atoms with van der Waals surface area (Å²) in [6.45, 7) is 4.21. The SMILES string of the molecule is Cc1ccc(-c2cc(OCC(O)CN3CCNC(=O)C3)cc3ccccc23)c(Cl)c1. The molecule has 156 valence electrons. The number of piperazine rings is 1. The molecule has 0 spiro atoms. The summed E-state index contributed by atoms with van der Waals surface area (Å²) in [4.78, 5) is 13.4. The van der Waals surface area contributed by atoms with E-state index in [1.54, 1.807) is 0 Å². The highest BCUT2D eigenvalue weighted by Gasteiger charge is 2.19. The molecule has 0 radical (unpaired) electrons. The topological polar surface area (TPSA) is 61.8 Å². The maximum absolute atomic E-state index is 11.5. The van der Waals surface area contributed by atoms with Crippen molar-refractivity contribution in [1.82, 2.24) is 10.2 Å². The largest absolute Gasteiger partial charge is 0.491 e. The molecule has 6 heteroatoms. The maximum Gasteiger partial charge on any atom is 0.234 e. The van der Waals surface area contributed by atoms with Crippen LogP contribution in [0.4, 0.5) is 0 Å². The summed E-state index contributed by atoms with van der Waals surface area (Å²) in [5.41, 5.74) is 3.05. The Morgan fingerprint density at radius 2 is 2.00 bits per heavy atom. The smallest absolute Gasteiger partial charge is 0.234 e. The van der Waals surface area contributed by atoms with E-state index in [9.17, 15) is 9.90 Å². The second-order valence-electron chi connectivity index (χ2n) is 7.73. The van der Waals surface area contributed by atoms with E-state index < -0.39 is 6.10 Å². The van der Waals surface area contributed by atoms with Crippen molar-refractivity contribution in [3.8, 4) is 16.9 Å². The molecule has 0 aliphatic carbocycles. The molecule has 1 atom stereocenters. The van der Waals surface area contributed by atoms with Gasteiger partial charge in [-0.1, -0.05) is 48.0 Å². The first kappa shape index (κ1) is 20.7. The fourth-order valence-electron chi connectivity index (χ4n) is 3.82. The number of hydrogen-bond acceptors (Lipinski definition) is 4. The summed E-state index contributed by atoms with van der Waals surface area (Å²) in [5, 5.41) is 16.0. The van der Waals surface area contributed by atoms with Crippen molar-refractivity contribution >= 4 is 28.3 Å². The molecule has 0 aromatic heterocycles. The van der Waals surface area contributed by atoms with Gasteiger partial charge < -0.3 is 15.2 Å². The minimum Gasteiger partial charge on any atom is -0.491 e. The van der Waals surface area contributed by atoms with Crippen LogP contribution in [0, 0.1) is 6.92 Å². The van der Waals surface area contributed by atoms with E-state index in [0.717, 1.165) is 34.0 Å². The molecule has 1 heterocycles. The number of aliphatic hydroxyl groups is 1. The van der Waals surface area contributed by atoms with Crippen molar-refractivity contribution in [2.45, 2.75) is 13.0 Å². The molecule has 1 fully saturated rings. The number of halogens is 1. The van der Waals surface area contributed by atoms with Crippen LogP contribution in [0.2, 0.25) is 5.02 Å². The molecule has 5 nitrogen and oxygen atoms in total. The van der Waals surface area contributed by atoms with Crippen LogP contribution in [-0.2, 0) is 4.79 Å². The van der Waals surface area contributed by atoms with E-state index >= 15 is 0 Å². The highest BCUT2D eigenvalue weighted by molar-refractivity contribution is 6.33. The van der Waals surface area contributed by atoms with Crippen molar-refractivity contribution in [3.05, 3.63) is 65.2 Å². The number of rotatable bonds is 6. The zero-order valence-electron chi connectivity index (χ0n) is 16.9. The molecular formula is C24H25ClN2O3. The number of β-amino-alcohol motifs (C(OH)–C–C–N with tert-alkyl or cyclic N) is 1. The first-order valence-electron chi connectivity index (χ1n) is 10.1. The summed E-state index contributed by atoms with van der Waals surface area (Å²) in [5.74, 6) is 0.666. The molecule has 0 bridgehead atoms. The Labute approximate surface area is 181 Å². The number of nitrogens with zero attached hydrogens (tertiary/aromatic N) is 1. The van der Waals surface area contributed by atoms with Crippen molar-refractivity contribution in [1.29, 1.82) is 0 Å². The van der Waals surface area contributed by atoms with E-state index in [2.05, 4.69) is 11.4 Å². The van der Waals surface area contributed by atoms with Gasteiger partial charge in [-0.25, -0.2) is 0 Å². The maximum atomic E-state index is 11.5. The van der Waals surface area contributed by atoms with Crippen LogP contribution < -0.4 is 10.1 Å². The molecule has 30 heavy (non-hydrogen) atoms. The highest BCUT2D eigenvalue weighted by Crippen LogP contribution is 2.37. The zero-order chi connectivity index (χ0) is 21.1. The number of benzene rings is 3. The van der Waals surface area contributed by atoms with Gasteiger partial charge in [0.15, 0.2) is 0 Å². The van der Waals surface area contributed by atoms with Gasteiger partial charge in [0, 0.05) is 30.2 Å². The third kappa shape index (κ3) is 4.75. The molecule has 3 aromatic carbocycles. The van der Waals surface area contributed by atoms with E-state index in [1.165, 1.54) is 0 Å². The molecular weight excluding hydrogens is 400 g/mol. The van der Waals surface area contributed by atoms with E-state index in [4.69, 9.17) is 16.3 Å². The minimum atomic E-state index is -0.686. The molecule has 1 aliphatic rings. The molecule has 3 aromatic rings. The average Bonchev–Trinajstić information content (AvgIpc) is 2.72. The van der Waals surface area contributed by atoms with Crippen molar-refractivity contribution in [2.75, 3.05) is 32.8 Å². The Morgan fingerprint density at radius 1 is 1.17 bits per heavy atom. The van der Waals surface area contributed by atoms with Gasteiger partial charge in [-0.2, -0.15) is 0 Å². The van der Waals surface area contributed by atoms with Gasteiger partial charge >= 0.3 is 0 Å². The van der Waals surface area contributed by atoms with Crippen LogP contribution in [-0.4, -0.2) is 54.8 Å². The van der Waals surface area contributed by atoms with Crippen LogP contribution in [0.1, 0.15) is 5.56 Å². The standard InChI is InChI=1S/C24H25ClN2O3/c1-16-6-7-21(23(25)10-16)22-12-19(11-17-4-2-3-5-20(17)22)30-15-18(28)13-27-9-8-26-24(29)14-27/h2-7,10-12,18,28H,8-9,13-15H2,1H3,(H,26,29). The Bertz CT molecular complexity index is 1070. The fourth-order valence-corrected chi connectivity index (χ4v) is 4.16. The Morgan fingerprint density at radius 3 is 2.80 bits per heavy atom. The lowest BCUT2D eigenvalue weighted by Gasteiger charge is -2.28. The molecule has 0 saturated carbocycles. The van der Waals surface area contributed by atoms with Crippen LogP contribution in [0.15, 0.2) is 54.6 Å². The van der Waals surface area contributed by atoms with Crippen LogP contribution in [0.25, 0.3) is 21.9 Å². The van der Waals surface area contributed by atoms with Gasteiger partial charge in [0.1, 0.15) is 18.5 Å². The number of amides is 1. The summed E-state index contributed by atoms with van der Waals surface area (Å²) < 4.78 is 5.95. The fraction of sp³-hybridized carbons (Fsp3) is 0.292. The first-order valence-corrected chi connectivity index (χ1v) is 10.5. The van der Waals surface area contributed by atoms with Gasteiger partial charge in [-0.15, -0.1) is 0 Å². The number of fused-ring (bicyclic) bond motifs is 1. The number of nitrogens with one attached hydrogen (secondary N) is 1. The second-order valence-corrected chi connectivity index (χ2v) is 8.13. The predicted octanol–water partition coefficient (Wildman–Crippen LogP) is 3.64. The minimum absolute atomic E-state index is 0.0106. The second kappa shape index (κ2) is 9.04. The number of hydrogen-bond donors (Lipinski definition) is 2. The molecule has 1 amide bonds. The van der Waals surface area contributed by atoms with Crippen LogP contribution in [0.5, 0.6) is 5.75 Å². The van der Waals surface area contributed by atoms with Crippen molar-refractivity contribution in [3.63, 3.8) is 0 Å². The number of aliphatic hydroxyl groups excluding tert-OH is 1. The van der Waals surface area contributed by atoms with Gasteiger partial charge in [0.05, 0.1) is 6.54 Å². The lowest BCUT2D eigenvalue weighted by atomic mass is 9.97. The van der Waals surface area contributed by atoms with E-state index in [1.807, 2.05) is 60.4 Å². The number of aryl methyl sites for hydroxylation is 1. The third-order valence-corrected chi connectivity index (χ3v) is 5.59. The Balaban J connectivity index is 1.55. The monoisotopic (exact) mass is 424 g/mol. The highest BCUT2D eigenvalue weighted by atomic mass is 35.5. The number of carbonyl (C=O) groups is 1. The molecule has 1 aliphatic heterocycles. The zero-order valence-corrected chi connectivity index (χ0v) is 17.7. The molecule has 1 unspecified atom stereocenters. The normalized spacial score (nSPS) is 15.8. The van der Waals surface area contributed by atoms with E-state index in [0.29, 0.717) is 30.4 Å². The lowest BCUT2D eigenvalue weighted by molar-refractivity contribution is -0.124. The first-order chi connectivity index (χ1) is 14.5. The number of carbonyl (C=O) groups excluding carboxylic acids is 1. The van der Waals surface area contributed by atoms with Gasteiger partial charge in [0.2, 0.25) is 5.91 Å². The molecule has 4 rings (SSSR count). The van der Waals surface area contributed by atoms with Gasteiger partial charge in [-0.05, 0) is 47.0 Å². The lowest BCUT2D eigenvalue weighted by Crippen LogP contribution is -2.50. The van der Waals surface area contributed by atoms with Gasteiger partial charge in [-0.3, -0.25) is 9.69 Å². The van der Waals surface area contributed by atoms with Gasteiger partial charge in [0.25, 0.3) is 0 Å². The average molecular weight is 425 g/mol. The Kier molecular flexibility index (Phi) is 6.23. The van der Waals surface area contributed by atoms with Crippen molar-refractivity contribution < 1.29 is 14.6 Å². The number of ether oxygens (including phenoxy) is 1. The Hall–Kier alpha value is -2.60. The van der Waals surface area contributed by atoms with E-state index in [-0.39, 0.29) is 12.5 Å². The molecule has 2 N–H and O–H groups in total. The summed E-state index contributed by atoms with van der Waals surface area (Å²) in [6.07, 6.45) is -0.686. The molecule has 1 saturated heterocycles. The van der Waals surface area contributed by atoms with Crippen molar-refractivity contribution in [2.24, 2.45) is 0 Å². The summed E-state index contributed by atoms with van der Waals surface area (Å²) in [6, 6.07) is 18.1. The van der Waals surface area contributed by atoms with Crippen LogP contribution >= 0.6 is 11.6 Å². The predicted molar refractivity (Wildman–Crippen MR) is 120 cm³/mol. The van der Waals surface area contributed by atoms with Crippen LogP contribution in [0.3, 0.4) is 0 Å². The summed E-state index contributed by atoms with van der Waals surface area (Å²) in [7, 11) is 0. The third-order valence-electron chi connectivity index (χ3n) is 5.28. The summed E-state index contributed by atoms with van der Waals surface area (Å²) >= 11 is 6.55. The quantitative estimate of drug-likeness (QED) is 0.634.